The van der Waals surface area contributed by atoms with Crippen LogP contribution in [0, 0.1) is 6.92 Å². The number of furan rings is 2. The summed E-state index contributed by atoms with van der Waals surface area (Å²) in [4.78, 5) is 11.5. The van der Waals surface area contributed by atoms with Gasteiger partial charge in [-0.3, -0.25) is 4.79 Å². The van der Waals surface area contributed by atoms with E-state index in [0.29, 0.717) is 18.7 Å². The van der Waals surface area contributed by atoms with Crippen molar-refractivity contribution in [3.8, 4) is 0 Å². The van der Waals surface area contributed by atoms with Gasteiger partial charge in [-0.05, 0) is 37.3 Å². The Hall–Kier alpha value is -2.23. The van der Waals surface area contributed by atoms with Gasteiger partial charge in [-0.1, -0.05) is 0 Å². The molecule has 2 aromatic rings. The van der Waals surface area contributed by atoms with Gasteiger partial charge in [0.25, 0.3) is 0 Å². The molecule has 0 aliphatic carbocycles. The van der Waals surface area contributed by atoms with Crippen LogP contribution in [0.2, 0.25) is 0 Å². The number of nitrogens with one attached hydrogen (secondary N) is 1. The minimum Gasteiger partial charge on any atom is -0.469 e. The predicted octanol–water partition coefficient (Wildman–Crippen LogP) is 2.55. The molecule has 0 saturated carbocycles. The van der Waals surface area contributed by atoms with Gasteiger partial charge < -0.3 is 14.2 Å². The summed E-state index contributed by atoms with van der Waals surface area (Å²) >= 11 is 0. The third-order valence-electron chi connectivity index (χ3n) is 2.41. The summed E-state index contributed by atoms with van der Waals surface area (Å²) in [5.41, 5.74) is 0. The molecule has 2 heterocycles. The molecule has 0 aromatic carbocycles. The fourth-order valence-electron chi connectivity index (χ4n) is 1.52. The van der Waals surface area contributed by atoms with Crippen molar-refractivity contribution >= 4 is 12.0 Å². The van der Waals surface area contributed by atoms with E-state index in [9.17, 15) is 4.79 Å². The zero-order chi connectivity index (χ0) is 12.8. The van der Waals surface area contributed by atoms with E-state index < -0.39 is 0 Å². The Balaban J connectivity index is 1.73. The molecule has 0 fully saturated rings. The molecule has 4 heteroatoms. The summed E-state index contributed by atoms with van der Waals surface area (Å²) in [6.45, 7) is 2.41. The molecule has 0 bridgehead atoms. The largest absolute Gasteiger partial charge is 0.469 e. The molecule has 0 saturated heterocycles. The molecule has 1 N–H and O–H groups in total. The maximum Gasteiger partial charge on any atom is 0.244 e. The number of amides is 1. The average molecular weight is 245 g/mol. The Morgan fingerprint density at radius 1 is 1.39 bits per heavy atom. The summed E-state index contributed by atoms with van der Waals surface area (Å²) in [6, 6.07) is 7.39. The Kier molecular flexibility index (Phi) is 4.02. The highest BCUT2D eigenvalue weighted by Gasteiger charge is 1.99. The van der Waals surface area contributed by atoms with Crippen LogP contribution in [0.3, 0.4) is 0 Å². The highest BCUT2D eigenvalue weighted by Crippen LogP contribution is 2.07. The molecule has 94 valence electrons. The molecular formula is C14H15NO3. The van der Waals surface area contributed by atoms with Crippen LogP contribution in [0.1, 0.15) is 17.3 Å². The van der Waals surface area contributed by atoms with E-state index in [4.69, 9.17) is 8.83 Å². The van der Waals surface area contributed by atoms with Crippen LogP contribution in [-0.2, 0) is 11.2 Å². The van der Waals surface area contributed by atoms with Gasteiger partial charge in [-0.15, -0.1) is 0 Å². The zero-order valence-electron chi connectivity index (χ0n) is 10.2. The Labute approximate surface area is 105 Å². The predicted molar refractivity (Wildman–Crippen MR) is 67.9 cm³/mol. The van der Waals surface area contributed by atoms with Gasteiger partial charge in [0, 0.05) is 19.0 Å². The van der Waals surface area contributed by atoms with Gasteiger partial charge in [0.05, 0.1) is 6.26 Å². The Morgan fingerprint density at radius 2 is 2.28 bits per heavy atom. The molecule has 2 rings (SSSR count). The van der Waals surface area contributed by atoms with Crippen molar-refractivity contribution in [1.82, 2.24) is 5.32 Å². The zero-order valence-corrected chi connectivity index (χ0v) is 10.2. The second-order valence-electron chi connectivity index (χ2n) is 3.90. The molecule has 0 spiro atoms. The van der Waals surface area contributed by atoms with Crippen LogP contribution in [0.25, 0.3) is 6.08 Å². The third-order valence-corrected chi connectivity index (χ3v) is 2.41. The Bertz CT molecular complexity index is 523. The summed E-state index contributed by atoms with van der Waals surface area (Å²) in [5, 5.41) is 2.77. The second kappa shape index (κ2) is 5.91. The quantitative estimate of drug-likeness (QED) is 0.823. The van der Waals surface area contributed by atoms with Crippen molar-refractivity contribution in [2.45, 2.75) is 13.3 Å². The van der Waals surface area contributed by atoms with E-state index in [2.05, 4.69) is 5.32 Å². The molecule has 0 aliphatic rings. The smallest absolute Gasteiger partial charge is 0.244 e. The Morgan fingerprint density at radius 3 is 2.94 bits per heavy atom. The molecule has 4 nitrogen and oxygen atoms in total. The highest BCUT2D eigenvalue weighted by atomic mass is 16.3. The SMILES string of the molecule is Cc1ccc(C=CC(=O)NCCc2ccco2)o1. The van der Waals surface area contributed by atoms with Crippen LogP contribution < -0.4 is 5.32 Å². The lowest BCUT2D eigenvalue weighted by Crippen LogP contribution is -2.23. The lowest BCUT2D eigenvalue weighted by atomic mass is 10.3. The summed E-state index contributed by atoms with van der Waals surface area (Å²) < 4.78 is 10.5. The summed E-state index contributed by atoms with van der Waals surface area (Å²) in [6.07, 6.45) is 5.42. The number of carbonyl (C=O) groups is 1. The first-order chi connectivity index (χ1) is 8.74. The molecule has 0 atom stereocenters. The number of rotatable bonds is 5. The maximum absolute atomic E-state index is 11.5. The summed E-state index contributed by atoms with van der Waals surface area (Å²) in [5.74, 6) is 2.22. The molecule has 1 amide bonds. The van der Waals surface area contributed by atoms with Crippen LogP contribution in [0.4, 0.5) is 0 Å². The maximum atomic E-state index is 11.5. The fraction of sp³-hybridized carbons (Fsp3) is 0.214. The monoisotopic (exact) mass is 245 g/mol. The standard InChI is InChI=1S/C14H15NO3/c1-11-4-5-13(18-11)6-7-14(16)15-9-8-12-3-2-10-17-12/h2-7,10H,8-9H2,1H3,(H,15,16). The second-order valence-corrected chi connectivity index (χ2v) is 3.90. The minimum absolute atomic E-state index is 0.143. The van der Waals surface area contributed by atoms with Crippen LogP contribution >= 0.6 is 0 Å². The normalized spacial score (nSPS) is 10.9. The molecular weight excluding hydrogens is 230 g/mol. The number of carbonyl (C=O) groups excluding carboxylic acids is 1. The van der Waals surface area contributed by atoms with Gasteiger partial charge in [0.15, 0.2) is 0 Å². The van der Waals surface area contributed by atoms with E-state index in [1.165, 1.54) is 6.08 Å². The molecule has 0 unspecified atom stereocenters. The molecule has 18 heavy (non-hydrogen) atoms. The van der Waals surface area contributed by atoms with Crippen molar-refractivity contribution < 1.29 is 13.6 Å². The first kappa shape index (κ1) is 12.2. The summed E-state index contributed by atoms with van der Waals surface area (Å²) in [7, 11) is 0. The van der Waals surface area contributed by atoms with Gasteiger partial charge in [0.1, 0.15) is 17.3 Å². The molecule has 2 aromatic heterocycles. The highest BCUT2D eigenvalue weighted by molar-refractivity contribution is 5.91. The number of aryl methyl sites for hydroxylation is 1. The molecule has 0 radical (unpaired) electrons. The molecule has 0 aliphatic heterocycles. The average Bonchev–Trinajstić information content (AvgIpc) is 2.98. The van der Waals surface area contributed by atoms with Crippen molar-refractivity contribution in [3.63, 3.8) is 0 Å². The number of hydrogen-bond acceptors (Lipinski definition) is 3. The first-order valence-corrected chi connectivity index (χ1v) is 5.79. The van der Waals surface area contributed by atoms with Gasteiger partial charge in [-0.25, -0.2) is 0 Å². The lowest BCUT2D eigenvalue weighted by molar-refractivity contribution is -0.116. The van der Waals surface area contributed by atoms with E-state index >= 15 is 0 Å². The van der Waals surface area contributed by atoms with Crippen molar-refractivity contribution in [3.05, 3.63) is 53.9 Å². The topological polar surface area (TPSA) is 55.4 Å². The van der Waals surface area contributed by atoms with E-state index in [0.717, 1.165) is 11.5 Å². The van der Waals surface area contributed by atoms with Crippen LogP contribution in [0.15, 0.2) is 45.4 Å². The van der Waals surface area contributed by atoms with Crippen LogP contribution in [-0.4, -0.2) is 12.5 Å². The lowest BCUT2D eigenvalue weighted by Gasteiger charge is -1.99. The fourth-order valence-corrected chi connectivity index (χ4v) is 1.52. The van der Waals surface area contributed by atoms with Gasteiger partial charge in [-0.2, -0.15) is 0 Å². The van der Waals surface area contributed by atoms with E-state index in [-0.39, 0.29) is 5.91 Å². The van der Waals surface area contributed by atoms with Crippen molar-refractivity contribution in [2.24, 2.45) is 0 Å². The number of hydrogen-bond donors (Lipinski definition) is 1. The van der Waals surface area contributed by atoms with Gasteiger partial charge >= 0.3 is 0 Å². The van der Waals surface area contributed by atoms with Gasteiger partial charge in [0.2, 0.25) is 5.91 Å². The van der Waals surface area contributed by atoms with Crippen molar-refractivity contribution in [2.75, 3.05) is 6.54 Å². The van der Waals surface area contributed by atoms with Crippen LogP contribution in [0.5, 0.6) is 0 Å². The van der Waals surface area contributed by atoms with E-state index in [1.807, 2.05) is 31.2 Å². The first-order valence-electron chi connectivity index (χ1n) is 5.79. The third kappa shape index (κ3) is 3.66. The minimum atomic E-state index is -0.143. The van der Waals surface area contributed by atoms with Crippen molar-refractivity contribution in [1.29, 1.82) is 0 Å². The van der Waals surface area contributed by atoms with E-state index in [1.54, 1.807) is 12.3 Å².